The van der Waals surface area contributed by atoms with E-state index < -0.39 is 6.10 Å². The molecule has 0 aliphatic rings. The van der Waals surface area contributed by atoms with Crippen molar-refractivity contribution in [2.45, 2.75) is 13.0 Å². The van der Waals surface area contributed by atoms with Gasteiger partial charge < -0.3 is 9.52 Å². The lowest BCUT2D eigenvalue weighted by Gasteiger charge is -2.07. The van der Waals surface area contributed by atoms with Crippen molar-refractivity contribution >= 4 is 34.3 Å². The quantitative estimate of drug-likeness (QED) is 0.786. The highest BCUT2D eigenvalue weighted by molar-refractivity contribution is 6.31. The fourth-order valence-corrected chi connectivity index (χ4v) is 2.26. The summed E-state index contributed by atoms with van der Waals surface area (Å²) < 4.78 is 5.55. The molecule has 0 bridgehead atoms. The smallest absolute Gasteiger partial charge is 0.229 e. The second kappa shape index (κ2) is 5.01. The van der Waals surface area contributed by atoms with E-state index in [1.807, 2.05) is 19.1 Å². The summed E-state index contributed by atoms with van der Waals surface area (Å²) >= 11 is 11.7. The standard InChI is InChI=1S/C13H9Cl2N3O2/c1-6-3-2-4-8-10(6)16-13(20-8)11(19)7-5-9(14)17-18-12(7)15/h2-5,11,19H,1H3. The van der Waals surface area contributed by atoms with Crippen molar-refractivity contribution < 1.29 is 9.52 Å². The van der Waals surface area contributed by atoms with Crippen molar-refractivity contribution in [1.82, 2.24) is 15.2 Å². The van der Waals surface area contributed by atoms with Crippen LogP contribution in [0.3, 0.4) is 0 Å². The summed E-state index contributed by atoms with van der Waals surface area (Å²) in [5, 5.41) is 17.8. The van der Waals surface area contributed by atoms with Crippen LogP contribution in [-0.2, 0) is 0 Å². The third kappa shape index (κ3) is 2.24. The van der Waals surface area contributed by atoms with Crippen molar-refractivity contribution in [2.24, 2.45) is 0 Å². The number of hydrogen-bond donors (Lipinski definition) is 1. The molecular weight excluding hydrogens is 301 g/mol. The third-order valence-electron chi connectivity index (χ3n) is 2.91. The van der Waals surface area contributed by atoms with Gasteiger partial charge in [-0.1, -0.05) is 35.3 Å². The van der Waals surface area contributed by atoms with Crippen molar-refractivity contribution in [3.05, 3.63) is 51.6 Å². The lowest BCUT2D eigenvalue weighted by molar-refractivity contribution is 0.185. The van der Waals surface area contributed by atoms with Gasteiger partial charge in [0.25, 0.3) is 0 Å². The van der Waals surface area contributed by atoms with Crippen molar-refractivity contribution in [1.29, 1.82) is 0 Å². The minimum atomic E-state index is -1.15. The van der Waals surface area contributed by atoms with E-state index in [-0.39, 0.29) is 16.2 Å². The molecule has 0 aliphatic heterocycles. The first-order chi connectivity index (χ1) is 9.56. The van der Waals surface area contributed by atoms with Crippen molar-refractivity contribution in [3.8, 4) is 0 Å². The first-order valence-corrected chi connectivity index (χ1v) is 6.54. The predicted molar refractivity (Wildman–Crippen MR) is 74.9 cm³/mol. The first-order valence-electron chi connectivity index (χ1n) is 5.79. The number of benzene rings is 1. The number of para-hydroxylation sites is 1. The van der Waals surface area contributed by atoms with E-state index in [4.69, 9.17) is 27.6 Å². The zero-order valence-corrected chi connectivity index (χ0v) is 11.9. The summed E-state index contributed by atoms with van der Waals surface area (Å²) in [5.41, 5.74) is 2.56. The SMILES string of the molecule is Cc1cccc2oc(C(O)c3cc(Cl)nnc3Cl)nc12. The number of aliphatic hydroxyl groups excluding tert-OH is 1. The predicted octanol–water partition coefficient (Wildman–Crippen LogP) is 3.31. The summed E-state index contributed by atoms with van der Waals surface area (Å²) in [6.07, 6.45) is -1.15. The Morgan fingerprint density at radius 3 is 2.80 bits per heavy atom. The lowest BCUT2D eigenvalue weighted by atomic mass is 10.2. The summed E-state index contributed by atoms with van der Waals surface area (Å²) in [6.45, 7) is 1.92. The fraction of sp³-hybridized carbons (Fsp3) is 0.154. The minimum absolute atomic E-state index is 0.0564. The minimum Gasteiger partial charge on any atom is -0.437 e. The topological polar surface area (TPSA) is 72.0 Å². The van der Waals surface area contributed by atoms with Gasteiger partial charge in [0, 0.05) is 5.56 Å². The number of nitrogens with zero attached hydrogens (tertiary/aromatic N) is 3. The highest BCUT2D eigenvalue weighted by Crippen LogP contribution is 2.30. The molecule has 2 heterocycles. The second-order valence-electron chi connectivity index (χ2n) is 4.29. The lowest BCUT2D eigenvalue weighted by Crippen LogP contribution is -2.03. The monoisotopic (exact) mass is 309 g/mol. The van der Waals surface area contributed by atoms with Gasteiger partial charge in [0.1, 0.15) is 5.52 Å². The van der Waals surface area contributed by atoms with Gasteiger partial charge in [0.15, 0.2) is 22.0 Å². The molecule has 0 amide bonds. The van der Waals surface area contributed by atoms with Gasteiger partial charge in [-0.3, -0.25) is 0 Å². The van der Waals surface area contributed by atoms with E-state index >= 15 is 0 Å². The molecule has 0 spiro atoms. The molecule has 102 valence electrons. The van der Waals surface area contributed by atoms with E-state index in [2.05, 4.69) is 15.2 Å². The summed E-state index contributed by atoms with van der Waals surface area (Å²) in [4.78, 5) is 4.29. The number of oxazole rings is 1. The molecule has 0 fully saturated rings. The highest BCUT2D eigenvalue weighted by Gasteiger charge is 2.22. The van der Waals surface area contributed by atoms with Gasteiger partial charge in [0.05, 0.1) is 0 Å². The highest BCUT2D eigenvalue weighted by atomic mass is 35.5. The summed E-state index contributed by atoms with van der Waals surface area (Å²) in [6, 6.07) is 6.99. The zero-order chi connectivity index (χ0) is 14.3. The van der Waals surface area contributed by atoms with Gasteiger partial charge in [-0.2, -0.15) is 0 Å². The van der Waals surface area contributed by atoms with Crippen LogP contribution in [0.25, 0.3) is 11.1 Å². The normalized spacial score (nSPS) is 12.8. The number of rotatable bonds is 2. The molecule has 5 nitrogen and oxygen atoms in total. The Morgan fingerprint density at radius 2 is 2.05 bits per heavy atom. The molecule has 0 radical (unpaired) electrons. The molecule has 0 saturated carbocycles. The van der Waals surface area contributed by atoms with Crippen LogP contribution < -0.4 is 0 Å². The maximum atomic E-state index is 10.3. The Balaban J connectivity index is 2.10. The number of aryl methyl sites for hydroxylation is 1. The van der Waals surface area contributed by atoms with Crippen molar-refractivity contribution in [3.63, 3.8) is 0 Å². The van der Waals surface area contributed by atoms with Gasteiger partial charge in [-0.25, -0.2) is 4.98 Å². The van der Waals surface area contributed by atoms with E-state index in [0.717, 1.165) is 5.56 Å². The van der Waals surface area contributed by atoms with Gasteiger partial charge in [0.2, 0.25) is 5.89 Å². The molecule has 20 heavy (non-hydrogen) atoms. The number of aromatic nitrogens is 3. The van der Waals surface area contributed by atoms with E-state index in [1.54, 1.807) is 6.07 Å². The van der Waals surface area contributed by atoms with Crippen LogP contribution in [0.4, 0.5) is 0 Å². The zero-order valence-electron chi connectivity index (χ0n) is 10.3. The molecule has 1 N–H and O–H groups in total. The molecule has 7 heteroatoms. The van der Waals surface area contributed by atoms with E-state index in [9.17, 15) is 5.11 Å². The van der Waals surface area contributed by atoms with Crippen LogP contribution in [-0.4, -0.2) is 20.3 Å². The summed E-state index contributed by atoms with van der Waals surface area (Å²) in [5.74, 6) is 0.139. The molecule has 3 aromatic rings. The second-order valence-corrected chi connectivity index (χ2v) is 5.03. The Labute approximate surface area is 124 Å². The molecule has 1 aromatic carbocycles. The number of aliphatic hydroxyl groups is 1. The molecule has 1 atom stereocenters. The van der Waals surface area contributed by atoms with Gasteiger partial charge in [-0.15, -0.1) is 10.2 Å². The van der Waals surface area contributed by atoms with Crippen molar-refractivity contribution in [2.75, 3.05) is 0 Å². The van der Waals surface area contributed by atoms with Gasteiger partial charge >= 0.3 is 0 Å². The maximum absolute atomic E-state index is 10.3. The first kappa shape index (κ1) is 13.3. The molecular formula is C13H9Cl2N3O2. The van der Waals surface area contributed by atoms with E-state index in [1.165, 1.54) is 6.07 Å². The number of fused-ring (bicyclic) bond motifs is 1. The van der Waals surface area contributed by atoms with Crippen LogP contribution in [0.2, 0.25) is 10.3 Å². The molecule has 0 aliphatic carbocycles. The Bertz CT molecular complexity index is 788. The molecule has 1 unspecified atom stereocenters. The van der Waals surface area contributed by atoms with Crippen LogP contribution >= 0.6 is 23.2 Å². The van der Waals surface area contributed by atoms with Crippen LogP contribution in [0.1, 0.15) is 23.1 Å². The Morgan fingerprint density at radius 1 is 1.25 bits per heavy atom. The van der Waals surface area contributed by atoms with Crippen LogP contribution in [0, 0.1) is 6.92 Å². The largest absolute Gasteiger partial charge is 0.437 e. The molecule has 0 saturated heterocycles. The third-order valence-corrected chi connectivity index (χ3v) is 3.39. The van der Waals surface area contributed by atoms with Gasteiger partial charge in [-0.05, 0) is 24.6 Å². The Kier molecular flexibility index (Phi) is 3.33. The number of hydrogen-bond acceptors (Lipinski definition) is 5. The fourth-order valence-electron chi connectivity index (χ4n) is 1.91. The Hall–Kier alpha value is -1.69. The maximum Gasteiger partial charge on any atom is 0.229 e. The molecule has 3 rings (SSSR count). The van der Waals surface area contributed by atoms with Crippen LogP contribution in [0.15, 0.2) is 28.7 Å². The summed E-state index contributed by atoms with van der Waals surface area (Å²) in [7, 11) is 0. The van der Waals surface area contributed by atoms with Crippen LogP contribution in [0.5, 0.6) is 0 Å². The average molecular weight is 310 g/mol. The molecule has 2 aromatic heterocycles. The average Bonchev–Trinajstić information content (AvgIpc) is 2.86. The number of halogens is 2. The van der Waals surface area contributed by atoms with E-state index in [0.29, 0.717) is 16.7 Å².